The predicted molar refractivity (Wildman–Crippen MR) is 90.7 cm³/mol. The number of nitrogens with one attached hydrogen (secondary N) is 2. The summed E-state index contributed by atoms with van der Waals surface area (Å²) in [4.78, 5) is 28.3. The van der Waals surface area contributed by atoms with Crippen LogP contribution in [0.25, 0.3) is 0 Å². The second-order valence-corrected chi connectivity index (χ2v) is 5.40. The summed E-state index contributed by atoms with van der Waals surface area (Å²) in [5.74, 6) is 0.435. The number of amides is 2. The maximum atomic E-state index is 11.7. The van der Waals surface area contributed by atoms with Crippen molar-refractivity contribution in [2.24, 2.45) is 0 Å². The number of anilines is 3. The third-order valence-electron chi connectivity index (χ3n) is 3.16. The fraction of sp³-hybridized carbons (Fsp3) is 0.235. The van der Waals surface area contributed by atoms with Crippen LogP contribution < -0.4 is 10.6 Å². The van der Waals surface area contributed by atoms with E-state index in [0.717, 1.165) is 16.9 Å². The zero-order valence-corrected chi connectivity index (χ0v) is 13.5. The number of carbonyl (C=O) groups excluding carboxylic acids is 2. The molecule has 0 bridgehead atoms. The van der Waals surface area contributed by atoms with Gasteiger partial charge in [-0.1, -0.05) is 12.1 Å². The lowest BCUT2D eigenvalue weighted by Crippen LogP contribution is -2.23. The Morgan fingerprint density at radius 1 is 1.04 bits per heavy atom. The molecule has 0 aliphatic carbocycles. The molecule has 0 radical (unpaired) electrons. The van der Waals surface area contributed by atoms with E-state index in [-0.39, 0.29) is 11.8 Å². The lowest BCUT2D eigenvalue weighted by atomic mass is 10.1. The monoisotopic (exact) mass is 312 g/mol. The summed E-state index contributed by atoms with van der Waals surface area (Å²) >= 11 is 0. The molecule has 0 fully saturated rings. The number of rotatable bonds is 5. The van der Waals surface area contributed by atoms with Gasteiger partial charge in [0.2, 0.25) is 11.8 Å². The van der Waals surface area contributed by atoms with Gasteiger partial charge in [-0.3, -0.25) is 9.59 Å². The SMILES string of the molecule is CC(=O)Nc1ccc(Nc2ccc(CC(=O)N(C)C)cc2)cn1. The number of nitrogens with zero attached hydrogens (tertiary/aromatic N) is 2. The van der Waals surface area contributed by atoms with E-state index in [0.29, 0.717) is 12.2 Å². The van der Waals surface area contributed by atoms with Crippen LogP contribution in [0.3, 0.4) is 0 Å². The topological polar surface area (TPSA) is 74.3 Å². The predicted octanol–water partition coefficient (Wildman–Crippen LogP) is 2.41. The standard InChI is InChI=1S/C17H20N4O2/c1-12(22)19-16-9-8-15(11-18-16)20-14-6-4-13(5-7-14)10-17(23)21(2)3/h4-9,11,20H,10H2,1-3H3,(H,18,19,22). The first-order valence-corrected chi connectivity index (χ1v) is 7.24. The molecule has 0 spiro atoms. The van der Waals surface area contributed by atoms with Gasteiger partial charge in [0, 0.05) is 26.7 Å². The summed E-state index contributed by atoms with van der Waals surface area (Å²) in [6.45, 7) is 1.44. The molecule has 2 N–H and O–H groups in total. The Morgan fingerprint density at radius 2 is 1.70 bits per heavy atom. The van der Waals surface area contributed by atoms with Crippen LogP contribution in [0.15, 0.2) is 42.6 Å². The highest BCUT2D eigenvalue weighted by molar-refractivity contribution is 5.87. The minimum absolute atomic E-state index is 0.0727. The molecular weight excluding hydrogens is 292 g/mol. The molecule has 2 amide bonds. The first-order valence-electron chi connectivity index (χ1n) is 7.24. The van der Waals surface area contributed by atoms with Crippen molar-refractivity contribution in [1.82, 2.24) is 9.88 Å². The normalized spacial score (nSPS) is 10.0. The second kappa shape index (κ2) is 7.40. The number of carbonyl (C=O) groups is 2. The van der Waals surface area contributed by atoms with Crippen molar-refractivity contribution >= 4 is 29.0 Å². The van der Waals surface area contributed by atoms with Gasteiger partial charge < -0.3 is 15.5 Å². The van der Waals surface area contributed by atoms with Gasteiger partial charge in [-0.15, -0.1) is 0 Å². The van der Waals surface area contributed by atoms with E-state index in [2.05, 4.69) is 15.6 Å². The van der Waals surface area contributed by atoms with Crippen molar-refractivity contribution in [3.05, 3.63) is 48.2 Å². The van der Waals surface area contributed by atoms with Crippen molar-refractivity contribution in [2.75, 3.05) is 24.7 Å². The Kier molecular flexibility index (Phi) is 5.30. The quantitative estimate of drug-likeness (QED) is 0.889. The van der Waals surface area contributed by atoms with Gasteiger partial charge in [0.1, 0.15) is 5.82 Å². The number of hydrogen-bond acceptors (Lipinski definition) is 4. The van der Waals surface area contributed by atoms with Crippen molar-refractivity contribution in [2.45, 2.75) is 13.3 Å². The van der Waals surface area contributed by atoms with Crippen LogP contribution in [0, 0.1) is 0 Å². The van der Waals surface area contributed by atoms with E-state index in [1.54, 1.807) is 31.3 Å². The molecule has 120 valence electrons. The van der Waals surface area contributed by atoms with Gasteiger partial charge >= 0.3 is 0 Å². The number of hydrogen-bond donors (Lipinski definition) is 2. The van der Waals surface area contributed by atoms with Gasteiger partial charge in [0.25, 0.3) is 0 Å². The number of pyridine rings is 1. The molecule has 0 unspecified atom stereocenters. The number of benzene rings is 1. The minimum atomic E-state index is -0.152. The van der Waals surface area contributed by atoms with Crippen LogP contribution in [-0.2, 0) is 16.0 Å². The van der Waals surface area contributed by atoms with Gasteiger partial charge in [0.15, 0.2) is 0 Å². The van der Waals surface area contributed by atoms with Gasteiger partial charge in [-0.2, -0.15) is 0 Å². The summed E-state index contributed by atoms with van der Waals surface area (Å²) < 4.78 is 0. The van der Waals surface area contributed by atoms with Crippen LogP contribution in [0.5, 0.6) is 0 Å². The Hall–Kier alpha value is -2.89. The lowest BCUT2D eigenvalue weighted by Gasteiger charge is -2.11. The highest BCUT2D eigenvalue weighted by Gasteiger charge is 2.05. The summed E-state index contributed by atoms with van der Waals surface area (Å²) in [5.41, 5.74) is 2.68. The molecule has 0 atom stereocenters. The van der Waals surface area contributed by atoms with Gasteiger partial charge in [-0.05, 0) is 29.8 Å². The summed E-state index contributed by atoms with van der Waals surface area (Å²) in [5, 5.41) is 5.83. The first kappa shape index (κ1) is 16.5. The van der Waals surface area contributed by atoms with E-state index < -0.39 is 0 Å². The van der Waals surface area contributed by atoms with Crippen LogP contribution in [-0.4, -0.2) is 35.8 Å². The third kappa shape index (κ3) is 5.10. The van der Waals surface area contributed by atoms with Crippen LogP contribution in [0.2, 0.25) is 0 Å². The lowest BCUT2D eigenvalue weighted by molar-refractivity contribution is -0.128. The molecule has 0 aliphatic rings. The fourth-order valence-corrected chi connectivity index (χ4v) is 1.93. The molecule has 1 aromatic carbocycles. The van der Waals surface area contributed by atoms with E-state index in [4.69, 9.17) is 0 Å². The number of aromatic nitrogens is 1. The molecule has 0 aliphatic heterocycles. The van der Waals surface area contributed by atoms with E-state index >= 15 is 0 Å². The molecule has 2 rings (SSSR count). The maximum Gasteiger partial charge on any atom is 0.226 e. The molecule has 6 nitrogen and oxygen atoms in total. The third-order valence-corrected chi connectivity index (χ3v) is 3.16. The molecular formula is C17H20N4O2. The van der Waals surface area contributed by atoms with Crippen LogP contribution in [0.1, 0.15) is 12.5 Å². The molecule has 0 saturated carbocycles. The zero-order valence-electron chi connectivity index (χ0n) is 13.5. The number of likely N-dealkylation sites (N-methyl/N-ethyl adjacent to an activating group) is 1. The summed E-state index contributed by atoms with van der Waals surface area (Å²) in [6.07, 6.45) is 2.04. The summed E-state index contributed by atoms with van der Waals surface area (Å²) in [6, 6.07) is 11.2. The van der Waals surface area contributed by atoms with Crippen molar-refractivity contribution in [3.63, 3.8) is 0 Å². The Morgan fingerprint density at radius 3 is 2.22 bits per heavy atom. The van der Waals surface area contributed by atoms with Crippen molar-refractivity contribution < 1.29 is 9.59 Å². The fourth-order valence-electron chi connectivity index (χ4n) is 1.93. The van der Waals surface area contributed by atoms with E-state index in [1.807, 2.05) is 30.3 Å². The summed E-state index contributed by atoms with van der Waals surface area (Å²) in [7, 11) is 3.49. The highest BCUT2D eigenvalue weighted by Crippen LogP contribution is 2.18. The van der Waals surface area contributed by atoms with E-state index in [9.17, 15) is 9.59 Å². The molecule has 1 aromatic heterocycles. The highest BCUT2D eigenvalue weighted by atomic mass is 16.2. The molecule has 1 heterocycles. The Labute approximate surface area is 135 Å². The van der Waals surface area contributed by atoms with Crippen molar-refractivity contribution in [1.29, 1.82) is 0 Å². The maximum absolute atomic E-state index is 11.7. The van der Waals surface area contributed by atoms with Crippen molar-refractivity contribution in [3.8, 4) is 0 Å². The second-order valence-electron chi connectivity index (χ2n) is 5.40. The molecule has 6 heteroatoms. The van der Waals surface area contributed by atoms with Crippen LogP contribution in [0.4, 0.5) is 17.2 Å². The van der Waals surface area contributed by atoms with E-state index in [1.165, 1.54) is 6.92 Å². The minimum Gasteiger partial charge on any atom is -0.354 e. The molecule has 0 saturated heterocycles. The first-order chi connectivity index (χ1) is 10.9. The largest absolute Gasteiger partial charge is 0.354 e. The van der Waals surface area contributed by atoms with Crippen LogP contribution >= 0.6 is 0 Å². The molecule has 23 heavy (non-hydrogen) atoms. The smallest absolute Gasteiger partial charge is 0.226 e. The Bertz CT molecular complexity index is 679. The van der Waals surface area contributed by atoms with Gasteiger partial charge in [-0.25, -0.2) is 4.98 Å². The Balaban J connectivity index is 1.98. The molecule has 2 aromatic rings. The average Bonchev–Trinajstić information content (AvgIpc) is 2.50. The zero-order chi connectivity index (χ0) is 16.8. The van der Waals surface area contributed by atoms with Gasteiger partial charge in [0.05, 0.1) is 18.3 Å². The average molecular weight is 312 g/mol.